The zero-order valence-corrected chi connectivity index (χ0v) is 19.4. The Bertz CT molecular complexity index is 1340. The molecule has 0 radical (unpaired) electrons. The average molecular weight is 466 g/mol. The van der Waals surface area contributed by atoms with Crippen LogP contribution in [-0.4, -0.2) is 36.7 Å². The van der Waals surface area contributed by atoms with E-state index >= 15 is 0 Å². The molecule has 4 aromatic rings. The van der Waals surface area contributed by atoms with Crippen LogP contribution in [0.3, 0.4) is 0 Å². The van der Waals surface area contributed by atoms with Gasteiger partial charge in [0, 0.05) is 18.7 Å². The van der Waals surface area contributed by atoms with E-state index in [4.69, 9.17) is 0 Å². The zero-order valence-electron chi connectivity index (χ0n) is 17.8. The average Bonchev–Trinajstić information content (AvgIpc) is 3.22. The predicted octanol–water partition coefficient (Wildman–Crippen LogP) is 5.25. The van der Waals surface area contributed by atoms with Crippen molar-refractivity contribution in [2.75, 3.05) is 18.4 Å². The summed E-state index contributed by atoms with van der Waals surface area (Å²) in [5.41, 5.74) is 3.28. The second-order valence-corrected chi connectivity index (χ2v) is 10.1. The molecule has 164 valence electrons. The van der Waals surface area contributed by atoms with E-state index < -0.39 is 10.0 Å². The van der Waals surface area contributed by atoms with E-state index in [0.29, 0.717) is 34.0 Å². The number of aromatic nitrogens is 1. The van der Waals surface area contributed by atoms with Gasteiger partial charge in [-0.25, -0.2) is 13.4 Å². The quantitative estimate of drug-likeness (QED) is 0.404. The van der Waals surface area contributed by atoms with Crippen LogP contribution in [0.4, 0.5) is 5.13 Å². The number of fused-ring (bicyclic) bond motifs is 1. The van der Waals surface area contributed by atoms with Gasteiger partial charge in [-0.1, -0.05) is 67.6 Å². The van der Waals surface area contributed by atoms with Crippen LogP contribution in [0.1, 0.15) is 24.2 Å². The van der Waals surface area contributed by atoms with E-state index in [1.807, 2.05) is 56.3 Å². The number of benzene rings is 3. The van der Waals surface area contributed by atoms with E-state index in [1.54, 1.807) is 30.3 Å². The Morgan fingerprint density at radius 1 is 0.938 bits per heavy atom. The van der Waals surface area contributed by atoms with Crippen molar-refractivity contribution in [3.63, 3.8) is 0 Å². The minimum Gasteiger partial charge on any atom is -0.298 e. The first-order chi connectivity index (χ1) is 15.4. The van der Waals surface area contributed by atoms with E-state index in [2.05, 4.69) is 10.3 Å². The van der Waals surface area contributed by atoms with Crippen molar-refractivity contribution in [1.29, 1.82) is 0 Å². The van der Waals surface area contributed by atoms with Crippen LogP contribution in [-0.2, 0) is 10.0 Å². The van der Waals surface area contributed by atoms with Crippen LogP contribution in [0.2, 0.25) is 0 Å². The van der Waals surface area contributed by atoms with Crippen molar-refractivity contribution < 1.29 is 13.2 Å². The van der Waals surface area contributed by atoms with Gasteiger partial charge in [-0.15, -0.1) is 0 Å². The topological polar surface area (TPSA) is 79.4 Å². The van der Waals surface area contributed by atoms with Gasteiger partial charge in [0.1, 0.15) is 0 Å². The van der Waals surface area contributed by atoms with Gasteiger partial charge in [0.05, 0.1) is 15.1 Å². The highest BCUT2D eigenvalue weighted by atomic mass is 32.2. The number of sulfonamides is 1. The third-order valence-corrected chi connectivity index (χ3v) is 8.16. The van der Waals surface area contributed by atoms with Gasteiger partial charge in [-0.2, -0.15) is 4.31 Å². The number of carbonyl (C=O) groups excluding carboxylic acids is 1. The highest BCUT2D eigenvalue weighted by molar-refractivity contribution is 7.89. The lowest BCUT2D eigenvalue weighted by Gasteiger charge is -2.18. The summed E-state index contributed by atoms with van der Waals surface area (Å²) >= 11 is 1.25. The van der Waals surface area contributed by atoms with Gasteiger partial charge in [0.25, 0.3) is 5.91 Å². The molecule has 3 aromatic carbocycles. The van der Waals surface area contributed by atoms with E-state index in [-0.39, 0.29) is 10.8 Å². The fourth-order valence-corrected chi connectivity index (χ4v) is 5.90. The summed E-state index contributed by atoms with van der Waals surface area (Å²) in [6, 6.07) is 22.2. The van der Waals surface area contributed by atoms with Crippen LogP contribution in [0.5, 0.6) is 0 Å². The van der Waals surface area contributed by atoms with Crippen molar-refractivity contribution in [1.82, 2.24) is 9.29 Å². The Morgan fingerprint density at radius 3 is 2.25 bits per heavy atom. The van der Waals surface area contributed by atoms with Crippen molar-refractivity contribution in [2.24, 2.45) is 0 Å². The first-order valence-electron chi connectivity index (χ1n) is 10.3. The molecule has 1 amide bonds. The molecule has 0 aliphatic heterocycles. The van der Waals surface area contributed by atoms with Gasteiger partial charge in [0.2, 0.25) is 10.0 Å². The highest BCUT2D eigenvalue weighted by Crippen LogP contribution is 2.29. The maximum absolute atomic E-state index is 12.8. The number of amides is 1. The number of carbonyl (C=O) groups is 1. The molecule has 4 rings (SSSR count). The standard InChI is InChI=1S/C24H23N3O3S2/c1-3-27(4-2)32(29,30)20-14-15-21-22(16-20)31-24(25-21)26-23(28)19-12-10-18(11-13-19)17-8-6-5-7-9-17/h5-16H,3-4H2,1-2H3,(H,25,26,28). The summed E-state index contributed by atoms with van der Waals surface area (Å²) in [6.07, 6.45) is 0. The Hall–Kier alpha value is -3.07. The summed E-state index contributed by atoms with van der Waals surface area (Å²) in [7, 11) is -3.55. The van der Waals surface area contributed by atoms with Crippen molar-refractivity contribution in [3.05, 3.63) is 78.4 Å². The van der Waals surface area contributed by atoms with Gasteiger partial charge < -0.3 is 0 Å². The summed E-state index contributed by atoms with van der Waals surface area (Å²) in [5, 5.41) is 3.24. The molecule has 0 spiro atoms. The molecular weight excluding hydrogens is 442 g/mol. The molecule has 1 aromatic heterocycles. The fourth-order valence-electron chi connectivity index (χ4n) is 3.45. The zero-order chi connectivity index (χ0) is 22.7. The molecule has 0 atom stereocenters. The number of hydrogen-bond acceptors (Lipinski definition) is 5. The molecule has 32 heavy (non-hydrogen) atoms. The second kappa shape index (κ2) is 9.20. The highest BCUT2D eigenvalue weighted by Gasteiger charge is 2.22. The molecule has 1 heterocycles. The summed E-state index contributed by atoms with van der Waals surface area (Å²) in [6.45, 7) is 4.44. The molecular formula is C24H23N3O3S2. The van der Waals surface area contributed by atoms with Crippen LogP contribution in [0.15, 0.2) is 77.7 Å². The van der Waals surface area contributed by atoms with Crippen molar-refractivity contribution in [2.45, 2.75) is 18.7 Å². The van der Waals surface area contributed by atoms with Crippen LogP contribution in [0.25, 0.3) is 21.3 Å². The first kappa shape index (κ1) is 22.1. The maximum atomic E-state index is 12.8. The molecule has 6 nitrogen and oxygen atoms in total. The van der Waals surface area contributed by atoms with Crippen LogP contribution in [0, 0.1) is 0 Å². The number of anilines is 1. The first-order valence-corrected chi connectivity index (χ1v) is 12.6. The molecule has 1 N–H and O–H groups in total. The van der Waals surface area contributed by atoms with E-state index in [0.717, 1.165) is 11.1 Å². The number of thiazole rings is 1. The van der Waals surface area contributed by atoms with E-state index in [9.17, 15) is 13.2 Å². The minimum absolute atomic E-state index is 0.228. The van der Waals surface area contributed by atoms with Gasteiger partial charge in [-0.05, 0) is 41.5 Å². The number of rotatable bonds is 7. The summed E-state index contributed by atoms with van der Waals surface area (Å²) in [4.78, 5) is 17.3. The fraction of sp³-hybridized carbons (Fsp3) is 0.167. The lowest BCUT2D eigenvalue weighted by atomic mass is 10.0. The molecule has 0 aliphatic carbocycles. The Labute approximate surface area is 191 Å². The predicted molar refractivity (Wildman–Crippen MR) is 130 cm³/mol. The van der Waals surface area contributed by atoms with Gasteiger partial charge in [0.15, 0.2) is 5.13 Å². The third-order valence-electron chi connectivity index (χ3n) is 5.18. The number of hydrogen-bond donors (Lipinski definition) is 1. The van der Waals surface area contributed by atoms with E-state index in [1.165, 1.54) is 15.6 Å². The second-order valence-electron chi connectivity index (χ2n) is 7.14. The number of nitrogens with zero attached hydrogens (tertiary/aromatic N) is 2. The van der Waals surface area contributed by atoms with Crippen LogP contribution < -0.4 is 5.32 Å². The minimum atomic E-state index is -3.55. The van der Waals surface area contributed by atoms with Gasteiger partial charge >= 0.3 is 0 Å². The smallest absolute Gasteiger partial charge is 0.257 e. The molecule has 0 bridgehead atoms. The monoisotopic (exact) mass is 465 g/mol. The maximum Gasteiger partial charge on any atom is 0.257 e. The normalized spacial score (nSPS) is 11.7. The third kappa shape index (κ3) is 4.43. The van der Waals surface area contributed by atoms with Crippen LogP contribution >= 0.6 is 11.3 Å². The molecule has 0 fully saturated rings. The van der Waals surface area contributed by atoms with Crippen molar-refractivity contribution >= 4 is 42.6 Å². The lowest BCUT2D eigenvalue weighted by Crippen LogP contribution is -2.30. The van der Waals surface area contributed by atoms with Crippen molar-refractivity contribution in [3.8, 4) is 11.1 Å². The molecule has 0 saturated carbocycles. The summed E-state index contributed by atoms with van der Waals surface area (Å²) in [5.74, 6) is -0.264. The molecule has 0 aliphatic rings. The Balaban J connectivity index is 1.54. The largest absolute Gasteiger partial charge is 0.298 e. The number of nitrogens with one attached hydrogen (secondary N) is 1. The molecule has 8 heteroatoms. The molecule has 0 unspecified atom stereocenters. The molecule has 0 saturated heterocycles. The summed E-state index contributed by atoms with van der Waals surface area (Å²) < 4.78 is 27.7. The Morgan fingerprint density at radius 2 is 1.59 bits per heavy atom. The SMILES string of the molecule is CCN(CC)S(=O)(=O)c1ccc2nc(NC(=O)c3ccc(-c4ccccc4)cc3)sc2c1. The lowest BCUT2D eigenvalue weighted by molar-refractivity contribution is 0.102. The Kier molecular flexibility index (Phi) is 6.36. The van der Waals surface area contributed by atoms with Gasteiger partial charge in [-0.3, -0.25) is 10.1 Å².